The molecule has 0 saturated heterocycles. The van der Waals surface area contributed by atoms with Crippen molar-refractivity contribution in [1.29, 1.82) is 0 Å². The van der Waals surface area contributed by atoms with Crippen LogP contribution in [0.25, 0.3) is 0 Å². The van der Waals surface area contributed by atoms with Crippen LogP contribution in [0.2, 0.25) is 0 Å². The molecule has 1 aromatic rings. The predicted octanol–water partition coefficient (Wildman–Crippen LogP) is 2.43. The highest BCUT2D eigenvalue weighted by atomic mass is 19.4. The number of benzene rings is 1. The fourth-order valence-electron chi connectivity index (χ4n) is 0.839. The Balaban J connectivity index is 2.95. The fraction of sp³-hybridized carbons (Fsp3) is 0.222. The summed E-state index contributed by atoms with van der Waals surface area (Å²) in [6.45, 7) is 1.11. The normalized spacial score (nSPS) is 11.1. The number of hydrogen-bond donors (Lipinski definition) is 0. The number of halogens is 3. The number of rotatable bonds is 1. The zero-order valence-electron chi connectivity index (χ0n) is 7.18. The average Bonchev–Trinajstić information content (AvgIpc) is 2.01. The first kappa shape index (κ1) is 10.6. The van der Waals surface area contributed by atoms with Gasteiger partial charge in [-0.05, 0) is 24.3 Å². The van der Waals surface area contributed by atoms with Gasteiger partial charge in [-0.2, -0.15) is 13.2 Å². The molecule has 0 bridgehead atoms. The molecule has 0 atom stereocenters. The number of carbonyl (C=O) groups is 1. The van der Waals surface area contributed by atoms with Gasteiger partial charge in [0.25, 0.3) is 0 Å². The monoisotopic (exact) mass is 203 g/mol. The molecule has 14 heavy (non-hydrogen) atoms. The van der Waals surface area contributed by atoms with E-state index >= 15 is 0 Å². The van der Waals surface area contributed by atoms with Crippen LogP contribution in [-0.2, 0) is 11.0 Å². The van der Waals surface area contributed by atoms with Gasteiger partial charge < -0.3 is 4.74 Å². The van der Waals surface area contributed by atoms with Gasteiger partial charge in [-0.15, -0.1) is 0 Å². The average molecular weight is 203 g/mol. The maximum Gasteiger partial charge on any atom is 0.416 e. The molecule has 1 rings (SSSR count). The number of hydrogen-bond acceptors (Lipinski definition) is 2. The molecule has 0 N–H and O–H groups in total. The summed E-state index contributed by atoms with van der Waals surface area (Å²) < 4.78 is 40.9. The standard InChI is InChI=1S/C9H6F3O2/c1-6(13)14-8-4-2-3-7(5-8)9(10,11)12/h3-5H,1H3. The lowest BCUT2D eigenvalue weighted by atomic mass is 10.2. The summed E-state index contributed by atoms with van der Waals surface area (Å²) in [5, 5.41) is 0. The minimum atomic E-state index is -4.45. The van der Waals surface area contributed by atoms with E-state index < -0.39 is 17.7 Å². The number of esters is 1. The maximum atomic E-state index is 12.1. The van der Waals surface area contributed by atoms with Crippen molar-refractivity contribution < 1.29 is 22.7 Å². The Morgan fingerprint density at radius 3 is 2.57 bits per heavy atom. The van der Waals surface area contributed by atoms with Crippen LogP contribution in [0.5, 0.6) is 5.75 Å². The minimum absolute atomic E-state index is 0.160. The third kappa shape index (κ3) is 2.76. The van der Waals surface area contributed by atoms with Gasteiger partial charge in [0.05, 0.1) is 5.56 Å². The second-order valence-corrected chi connectivity index (χ2v) is 2.55. The van der Waals surface area contributed by atoms with Crippen molar-refractivity contribution in [1.82, 2.24) is 0 Å². The third-order valence-corrected chi connectivity index (χ3v) is 1.35. The molecular weight excluding hydrogens is 197 g/mol. The molecule has 0 heterocycles. The Morgan fingerprint density at radius 2 is 2.07 bits per heavy atom. The van der Waals surface area contributed by atoms with Crippen LogP contribution in [0, 0.1) is 6.07 Å². The van der Waals surface area contributed by atoms with Crippen molar-refractivity contribution in [3.8, 4) is 5.75 Å². The molecule has 1 radical (unpaired) electrons. The van der Waals surface area contributed by atoms with Crippen LogP contribution in [0.4, 0.5) is 13.2 Å². The molecule has 0 spiro atoms. The number of ether oxygens (including phenoxy) is 1. The number of carbonyl (C=O) groups excluding carboxylic acids is 1. The van der Waals surface area contributed by atoms with E-state index in [1.807, 2.05) is 0 Å². The van der Waals surface area contributed by atoms with Gasteiger partial charge in [0.2, 0.25) is 0 Å². The van der Waals surface area contributed by atoms with E-state index in [-0.39, 0.29) is 5.75 Å². The summed E-state index contributed by atoms with van der Waals surface area (Å²) in [4.78, 5) is 10.5. The summed E-state index contributed by atoms with van der Waals surface area (Å²) >= 11 is 0. The molecule has 0 amide bonds. The van der Waals surface area contributed by atoms with E-state index in [0.717, 1.165) is 25.1 Å². The summed E-state index contributed by atoms with van der Waals surface area (Å²) in [5.41, 5.74) is -0.892. The predicted molar refractivity (Wildman–Crippen MR) is 41.6 cm³/mol. The largest absolute Gasteiger partial charge is 0.427 e. The highest BCUT2D eigenvalue weighted by molar-refractivity contribution is 5.69. The molecule has 0 aliphatic rings. The van der Waals surface area contributed by atoms with Gasteiger partial charge in [-0.25, -0.2) is 0 Å². The molecule has 75 valence electrons. The Labute approximate surface area is 78.3 Å². The molecule has 0 unspecified atom stereocenters. The van der Waals surface area contributed by atoms with Crippen molar-refractivity contribution >= 4 is 5.97 Å². The third-order valence-electron chi connectivity index (χ3n) is 1.35. The second kappa shape index (κ2) is 3.69. The molecule has 0 aromatic heterocycles. The van der Waals surface area contributed by atoms with Crippen LogP contribution >= 0.6 is 0 Å². The van der Waals surface area contributed by atoms with Crippen LogP contribution in [-0.4, -0.2) is 5.97 Å². The summed E-state index contributed by atoms with van der Waals surface area (Å²) in [6.07, 6.45) is -4.45. The highest BCUT2D eigenvalue weighted by Crippen LogP contribution is 2.31. The molecule has 1 aromatic carbocycles. The molecule has 0 aliphatic carbocycles. The van der Waals surface area contributed by atoms with Crippen LogP contribution < -0.4 is 4.74 Å². The molecule has 2 nitrogen and oxygen atoms in total. The molecule has 0 fully saturated rings. The van der Waals surface area contributed by atoms with Crippen molar-refractivity contribution in [2.45, 2.75) is 13.1 Å². The van der Waals surface area contributed by atoms with Crippen molar-refractivity contribution in [2.75, 3.05) is 0 Å². The Kier molecular flexibility index (Phi) is 2.78. The van der Waals surface area contributed by atoms with Gasteiger partial charge in [0, 0.05) is 6.92 Å². The van der Waals surface area contributed by atoms with E-state index in [0.29, 0.717) is 0 Å². The first-order chi connectivity index (χ1) is 6.39. The van der Waals surface area contributed by atoms with Crippen molar-refractivity contribution in [3.63, 3.8) is 0 Å². The quantitative estimate of drug-likeness (QED) is 0.517. The van der Waals surface area contributed by atoms with Crippen LogP contribution in [0.3, 0.4) is 0 Å². The lowest BCUT2D eigenvalue weighted by molar-refractivity contribution is -0.138. The summed E-state index contributed by atoms with van der Waals surface area (Å²) in [7, 11) is 0. The first-order valence-corrected chi connectivity index (χ1v) is 3.66. The van der Waals surface area contributed by atoms with E-state index in [1.54, 1.807) is 0 Å². The second-order valence-electron chi connectivity index (χ2n) is 2.55. The fourth-order valence-corrected chi connectivity index (χ4v) is 0.839. The molecule has 5 heteroatoms. The molecular formula is C9H6F3O2. The smallest absolute Gasteiger partial charge is 0.416 e. The first-order valence-electron chi connectivity index (χ1n) is 3.66. The van der Waals surface area contributed by atoms with Crippen LogP contribution in [0.1, 0.15) is 12.5 Å². The number of alkyl halides is 3. The Hall–Kier alpha value is -1.52. The van der Waals surface area contributed by atoms with E-state index in [4.69, 9.17) is 0 Å². The summed E-state index contributed by atoms with van der Waals surface area (Å²) in [5.74, 6) is -0.829. The van der Waals surface area contributed by atoms with Gasteiger partial charge in [-0.1, -0.05) is 0 Å². The highest BCUT2D eigenvalue weighted by Gasteiger charge is 2.30. The molecule has 0 saturated carbocycles. The Bertz CT molecular complexity index is 344. The minimum Gasteiger partial charge on any atom is -0.427 e. The molecule has 0 aliphatic heterocycles. The lowest BCUT2D eigenvalue weighted by Crippen LogP contribution is -2.06. The summed E-state index contributed by atoms with van der Waals surface area (Å²) in [6, 6.07) is 4.94. The lowest BCUT2D eigenvalue weighted by Gasteiger charge is -2.07. The SMILES string of the molecule is CC(=O)Oc1c[c]cc(C(F)(F)F)c1. The van der Waals surface area contributed by atoms with Crippen LogP contribution in [0.15, 0.2) is 18.2 Å². The van der Waals surface area contributed by atoms with Crippen molar-refractivity contribution in [2.24, 2.45) is 0 Å². The zero-order valence-corrected chi connectivity index (χ0v) is 7.18. The van der Waals surface area contributed by atoms with Crippen molar-refractivity contribution in [3.05, 3.63) is 29.8 Å². The zero-order chi connectivity index (χ0) is 10.8. The van der Waals surface area contributed by atoms with Gasteiger partial charge in [0.1, 0.15) is 5.75 Å². The maximum absolute atomic E-state index is 12.1. The topological polar surface area (TPSA) is 26.3 Å². The van der Waals surface area contributed by atoms with Gasteiger partial charge >= 0.3 is 12.1 Å². The van der Waals surface area contributed by atoms with Gasteiger partial charge in [0.15, 0.2) is 0 Å². The Morgan fingerprint density at radius 1 is 1.43 bits per heavy atom. The van der Waals surface area contributed by atoms with E-state index in [1.165, 1.54) is 0 Å². The van der Waals surface area contributed by atoms with E-state index in [9.17, 15) is 18.0 Å². The van der Waals surface area contributed by atoms with Gasteiger partial charge in [-0.3, -0.25) is 4.79 Å². The van der Waals surface area contributed by atoms with E-state index in [2.05, 4.69) is 10.8 Å².